The molecule has 1 aliphatic heterocycles. The number of anilines is 2. The molecule has 8 heteroatoms. The SMILES string of the molecule is CC1=CC2c3cc(C)ccc3N(c3cc(-c4nc(-c5ccccc5)nc(-c5ccccc5)n4)cc(-n4c5ccc(C)cc5c5cc(C)ccc54)c3-n3c4cccnc4c4ncccc43)C2C=C1. The smallest absolute Gasteiger partial charge is 0.164 e. The van der Waals surface area contributed by atoms with Gasteiger partial charge in [0.2, 0.25) is 0 Å². The van der Waals surface area contributed by atoms with Crippen molar-refractivity contribution in [1.29, 1.82) is 0 Å². The molecule has 0 bridgehead atoms. The van der Waals surface area contributed by atoms with E-state index in [-0.39, 0.29) is 12.0 Å². The molecule has 13 rings (SSSR count). The molecule has 0 amide bonds. The average molecular weight is 865 g/mol. The number of hydrogen-bond donors (Lipinski definition) is 0. The Hall–Kier alpha value is -8.49. The second-order valence-electron chi connectivity index (χ2n) is 18.1. The van der Waals surface area contributed by atoms with Crippen LogP contribution in [0.3, 0.4) is 0 Å². The van der Waals surface area contributed by atoms with Crippen molar-refractivity contribution in [2.24, 2.45) is 0 Å². The zero-order valence-electron chi connectivity index (χ0n) is 37.6. The van der Waals surface area contributed by atoms with Crippen LogP contribution in [0.5, 0.6) is 0 Å². The molecule has 1 aliphatic carbocycles. The van der Waals surface area contributed by atoms with Gasteiger partial charge in [0, 0.05) is 51.5 Å². The van der Waals surface area contributed by atoms with E-state index in [0.717, 1.165) is 72.5 Å². The van der Waals surface area contributed by atoms with E-state index in [9.17, 15) is 0 Å². The molecule has 6 aromatic carbocycles. The number of hydrogen-bond acceptors (Lipinski definition) is 6. The highest BCUT2D eigenvalue weighted by atomic mass is 15.2. The molecule has 2 unspecified atom stereocenters. The first-order valence-electron chi connectivity index (χ1n) is 22.9. The monoisotopic (exact) mass is 864 g/mol. The highest BCUT2D eigenvalue weighted by Gasteiger charge is 2.40. The van der Waals surface area contributed by atoms with Gasteiger partial charge in [0.05, 0.1) is 45.2 Å². The van der Waals surface area contributed by atoms with Crippen molar-refractivity contribution in [2.45, 2.75) is 39.7 Å². The summed E-state index contributed by atoms with van der Waals surface area (Å²) in [6, 6.07) is 54.0. The van der Waals surface area contributed by atoms with E-state index < -0.39 is 0 Å². The van der Waals surface area contributed by atoms with Gasteiger partial charge in [0.15, 0.2) is 17.5 Å². The third kappa shape index (κ3) is 6.17. The van der Waals surface area contributed by atoms with Gasteiger partial charge in [-0.1, -0.05) is 125 Å². The first kappa shape index (κ1) is 38.9. The summed E-state index contributed by atoms with van der Waals surface area (Å²) in [5.41, 5.74) is 18.9. The van der Waals surface area contributed by atoms with Gasteiger partial charge in [0.1, 0.15) is 11.0 Å². The van der Waals surface area contributed by atoms with Crippen LogP contribution in [0.4, 0.5) is 11.4 Å². The zero-order valence-corrected chi connectivity index (χ0v) is 37.6. The lowest BCUT2D eigenvalue weighted by molar-refractivity contribution is 0.737. The number of nitrogens with zero attached hydrogens (tertiary/aromatic N) is 8. The lowest BCUT2D eigenvalue weighted by Gasteiger charge is -2.33. The van der Waals surface area contributed by atoms with Crippen LogP contribution in [-0.2, 0) is 0 Å². The van der Waals surface area contributed by atoms with E-state index in [0.29, 0.717) is 17.5 Å². The number of rotatable bonds is 6. The van der Waals surface area contributed by atoms with Crippen LogP contribution in [0, 0.1) is 20.8 Å². The summed E-state index contributed by atoms with van der Waals surface area (Å²) in [6.07, 6.45) is 10.8. The van der Waals surface area contributed by atoms with Gasteiger partial charge in [-0.25, -0.2) is 15.0 Å². The predicted octanol–water partition coefficient (Wildman–Crippen LogP) is 13.9. The van der Waals surface area contributed by atoms with Crippen LogP contribution in [0.15, 0.2) is 188 Å². The molecule has 2 aliphatic rings. The maximum atomic E-state index is 5.38. The Bertz CT molecular complexity index is 3710. The number of allylic oxidation sites excluding steroid dienone is 2. The van der Waals surface area contributed by atoms with Crippen molar-refractivity contribution in [2.75, 3.05) is 4.90 Å². The fourth-order valence-corrected chi connectivity index (χ4v) is 10.6. The molecule has 0 fully saturated rings. The van der Waals surface area contributed by atoms with Gasteiger partial charge in [-0.3, -0.25) is 9.97 Å². The summed E-state index contributed by atoms with van der Waals surface area (Å²) in [6.45, 7) is 8.74. The standard InChI is InChI=1S/C59H44N8/c1-35-19-23-46-42(29-35)43-30-36(2)20-24-47(43)65(46)52-33-41(59-63-57(39-13-7-5-8-14-39)62-58(64-59)40-15-9-6-10-16-40)34-53(56(52)67-50-17-11-27-60-54(50)55-51(67)18-12-28-61-55)66-48-25-21-37(3)31-44(48)45-32-38(4)22-26-49(45)66/h5-34,42,46H,1-4H3. The number of aromatic nitrogens is 7. The van der Waals surface area contributed by atoms with Crippen molar-refractivity contribution < 1.29 is 0 Å². The molecule has 0 radical (unpaired) electrons. The van der Waals surface area contributed by atoms with Crippen LogP contribution in [0.25, 0.3) is 89.4 Å². The summed E-state index contributed by atoms with van der Waals surface area (Å²) < 4.78 is 4.85. The third-order valence-electron chi connectivity index (χ3n) is 13.6. The van der Waals surface area contributed by atoms with Crippen molar-refractivity contribution in [3.05, 3.63) is 210 Å². The molecule has 0 saturated heterocycles. The Kier molecular flexibility index (Phi) is 8.74. The number of benzene rings is 6. The molecule has 67 heavy (non-hydrogen) atoms. The van der Waals surface area contributed by atoms with Gasteiger partial charge in [-0.2, -0.15) is 0 Å². The summed E-state index contributed by atoms with van der Waals surface area (Å²) in [5, 5.41) is 2.39. The van der Waals surface area contributed by atoms with Crippen molar-refractivity contribution >= 4 is 55.2 Å². The lowest BCUT2D eigenvalue weighted by Crippen LogP contribution is -2.30. The normalized spacial score (nSPS) is 15.5. The zero-order chi connectivity index (χ0) is 44.9. The lowest BCUT2D eigenvalue weighted by atomic mass is 9.88. The summed E-state index contributed by atoms with van der Waals surface area (Å²) in [4.78, 5) is 28.5. The Balaban J connectivity index is 1.23. The molecule has 6 heterocycles. The van der Waals surface area contributed by atoms with Gasteiger partial charge < -0.3 is 14.0 Å². The first-order valence-corrected chi connectivity index (χ1v) is 22.9. The topological polar surface area (TPSA) is 77.5 Å². The highest BCUT2D eigenvalue weighted by molar-refractivity contribution is 6.11. The van der Waals surface area contributed by atoms with E-state index >= 15 is 0 Å². The molecule has 5 aromatic heterocycles. The molecule has 11 aromatic rings. The average Bonchev–Trinajstić information content (AvgIpc) is 3.98. The summed E-state index contributed by atoms with van der Waals surface area (Å²) in [7, 11) is 0. The highest BCUT2D eigenvalue weighted by Crippen LogP contribution is 2.53. The largest absolute Gasteiger partial charge is 0.331 e. The van der Waals surface area contributed by atoms with Crippen molar-refractivity contribution in [3.8, 4) is 45.5 Å². The van der Waals surface area contributed by atoms with E-state index in [4.69, 9.17) is 24.9 Å². The van der Waals surface area contributed by atoms with E-state index in [2.05, 4.69) is 163 Å². The first-order chi connectivity index (χ1) is 32.9. The van der Waals surface area contributed by atoms with E-state index in [1.54, 1.807) is 0 Å². The van der Waals surface area contributed by atoms with Gasteiger partial charge in [-0.15, -0.1) is 0 Å². The Labute approximate surface area is 387 Å². The molecule has 0 N–H and O–H groups in total. The molecule has 320 valence electrons. The summed E-state index contributed by atoms with van der Waals surface area (Å²) >= 11 is 0. The maximum Gasteiger partial charge on any atom is 0.164 e. The Morgan fingerprint density at radius 3 is 1.58 bits per heavy atom. The molecule has 0 spiro atoms. The van der Waals surface area contributed by atoms with E-state index in [1.807, 2.05) is 60.9 Å². The van der Waals surface area contributed by atoms with Crippen LogP contribution in [0.1, 0.15) is 35.1 Å². The van der Waals surface area contributed by atoms with Crippen molar-refractivity contribution in [3.63, 3.8) is 0 Å². The van der Waals surface area contributed by atoms with Gasteiger partial charge in [0.25, 0.3) is 0 Å². The minimum absolute atomic E-state index is 0.0201. The fourth-order valence-electron chi connectivity index (χ4n) is 10.6. The van der Waals surface area contributed by atoms with Crippen LogP contribution in [0.2, 0.25) is 0 Å². The summed E-state index contributed by atoms with van der Waals surface area (Å²) in [5.74, 6) is 1.93. The molecule has 0 saturated carbocycles. The van der Waals surface area contributed by atoms with E-state index in [1.165, 1.54) is 38.6 Å². The second kappa shape index (κ2) is 15.0. The Morgan fingerprint density at radius 1 is 0.448 bits per heavy atom. The molecular weight excluding hydrogens is 821 g/mol. The molecule has 8 nitrogen and oxygen atoms in total. The fraction of sp³-hybridized carbons (Fsp3) is 0.102. The quantitative estimate of drug-likeness (QED) is 0.166. The van der Waals surface area contributed by atoms with Crippen molar-refractivity contribution in [1.82, 2.24) is 34.1 Å². The van der Waals surface area contributed by atoms with Gasteiger partial charge >= 0.3 is 0 Å². The molecule has 2 atom stereocenters. The second-order valence-corrected chi connectivity index (χ2v) is 18.1. The minimum Gasteiger partial charge on any atom is -0.331 e. The maximum absolute atomic E-state index is 5.38. The minimum atomic E-state index is -0.0201. The van der Waals surface area contributed by atoms with Gasteiger partial charge in [-0.05, 0) is 100.0 Å². The Morgan fingerprint density at radius 2 is 0.985 bits per heavy atom. The number of pyridine rings is 2. The predicted molar refractivity (Wildman–Crippen MR) is 273 cm³/mol. The van der Waals surface area contributed by atoms with Crippen LogP contribution < -0.4 is 4.90 Å². The number of fused-ring (bicyclic) bond motifs is 9. The number of aryl methyl sites for hydroxylation is 3. The third-order valence-corrected chi connectivity index (χ3v) is 13.6. The van der Waals surface area contributed by atoms with Crippen LogP contribution in [-0.4, -0.2) is 40.1 Å². The molecular formula is C59H44N8. The van der Waals surface area contributed by atoms with Crippen LogP contribution >= 0.6 is 0 Å².